The maximum Gasteiger partial charge on any atom is 0.306 e. The molecule has 0 aromatic carbocycles. The van der Waals surface area contributed by atoms with E-state index in [1.54, 1.807) is 0 Å². The van der Waals surface area contributed by atoms with Crippen LogP contribution in [0.2, 0.25) is 0 Å². The number of esters is 3. The van der Waals surface area contributed by atoms with Gasteiger partial charge in [0.15, 0.2) is 6.10 Å². The Kier molecular flexibility index (Phi) is 57.0. The minimum absolute atomic E-state index is 0.105. The lowest BCUT2D eigenvalue weighted by Crippen LogP contribution is -2.30. The van der Waals surface area contributed by atoms with Crippen molar-refractivity contribution in [3.05, 3.63) is 170 Å². The van der Waals surface area contributed by atoms with E-state index in [1.807, 2.05) is 0 Å². The Morgan fingerprint density at radius 2 is 0.520 bits per heavy atom. The Hall–Kier alpha value is -5.23. The molecule has 0 radical (unpaired) electrons. The molecule has 0 aliphatic heterocycles. The van der Waals surface area contributed by atoms with Gasteiger partial charge >= 0.3 is 17.9 Å². The SMILES string of the molecule is CC/C=C\C/C=C\C/C=C\C/C=C\C/C=C\C/C=C\C/C=C\C/C=C\C/C=C\CCCCCC(=O)OCC(COC(=O)CCCCCCC)OC(=O)CCCCCCC/C=C\C/C=C\C/C=C\C/C=C\C/C=C\CC. The van der Waals surface area contributed by atoms with Crippen LogP contribution in [-0.2, 0) is 28.6 Å². The van der Waals surface area contributed by atoms with Crippen LogP contribution in [0.3, 0.4) is 0 Å². The molecule has 0 aliphatic rings. The van der Waals surface area contributed by atoms with E-state index in [-0.39, 0.29) is 31.1 Å². The number of allylic oxidation sites excluding steroid dienone is 28. The average Bonchev–Trinajstić information content (AvgIpc) is 3.41. The van der Waals surface area contributed by atoms with Crippen LogP contribution in [0.1, 0.15) is 226 Å². The van der Waals surface area contributed by atoms with Crippen molar-refractivity contribution in [3.63, 3.8) is 0 Å². The van der Waals surface area contributed by atoms with Gasteiger partial charge in [0, 0.05) is 19.3 Å². The molecule has 418 valence electrons. The minimum atomic E-state index is -0.808. The topological polar surface area (TPSA) is 78.9 Å². The van der Waals surface area contributed by atoms with Crippen LogP contribution < -0.4 is 0 Å². The number of ether oxygens (including phenoxy) is 3. The van der Waals surface area contributed by atoms with Gasteiger partial charge in [0.2, 0.25) is 0 Å². The number of carbonyl (C=O) groups excluding carboxylic acids is 3. The molecule has 75 heavy (non-hydrogen) atoms. The molecule has 0 rings (SSSR count). The lowest BCUT2D eigenvalue weighted by atomic mass is 10.1. The first-order valence-corrected chi connectivity index (χ1v) is 29.6. The number of carbonyl (C=O) groups is 3. The number of unbranched alkanes of at least 4 members (excludes halogenated alkanes) is 12. The highest BCUT2D eigenvalue weighted by Gasteiger charge is 2.19. The van der Waals surface area contributed by atoms with Crippen molar-refractivity contribution in [2.75, 3.05) is 13.2 Å². The summed E-state index contributed by atoms with van der Waals surface area (Å²) in [7, 11) is 0. The summed E-state index contributed by atoms with van der Waals surface area (Å²) in [6, 6.07) is 0. The lowest BCUT2D eigenvalue weighted by molar-refractivity contribution is -0.167. The molecule has 0 fully saturated rings. The van der Waals surface area contributed by atoms with Crippen molar-refractivity contribution in [3.8, 4) is 0 Å². The second kappa shape index (κ2) is 61.3. The van der Waals surface area contributed by atoms with Crippen LogP contribution in [0.4, 0.5) is 0 Å². The van der Waals surface area contributed by atoms with Crippen molar-refractivity contribution in [2.45, 2.75) is 232 Å². The third-order valence-electron chi connectivity index (χ3n) is 11.7. The zero-order chi connectivity index (χ0) is 54.3. The van der Waals surface area contributed by atoms with Gasteiger partial charge in [-0.3, -0.25) is 14.4 Å². The second-order valence-electron chi connectivity index (χ2n) is 18.8. The first-order chi connectivity index (χ1) is 37.0. The quantitative estimate of drug-likeness (QED) is 0.0261. The molecule has 0 saturated carbocycles. The van der Waals surface area contributed by atoms with Crippen molar-refractivity contribution in [1.29, 1.82) is 0 Å². The van der Waals surface area contributed by atoms with E-state index in [2.05, 4.69) is 191 Å². The number of hydrogen-bond donors (Lipinski definition) is 0. The van der Waals surface area contributed by atoms with Crippen LogP contribution in [-0.4, -0.2) is 37.2 Å². The second-order valence-corrected chi connectivity index (χ2v) is 18.8. The molecule has 0 aromatic rings. The summed E-state index contributed by atoms with van der Waals surface area (Å²) in [5.41, 5.74) is 0. The monoisotopic (exact) mass is 1030 g/mol. The molecule has 0 saturated heterocycles. The molecule has 0 N–H and O–H groups in total. The van der Waals surface area contributed by atoms with Crippen molar-refractivity contribution in [1.82, 2.24) is 0 Å². The molecule has 0 bridgehead atoms. The summed E-state index contributed by atoms with van der Waals surface area (Å²) in [6.45, 7) is 6.26. The van der Waals surface area contributed by atoms with Gasteiger partial charge in [0.25, 0.3) is 0 Å². The van der Waals surface area contributed by atoms with Gasteiger partial charge in [-0.2, -0.15) is 0 Å². The predicted octanol–water partition coefficient (Wildman–Crippen LogP) is 20.3. The van der Waals surface area contributed by atoms with Gasteiger partial charge in [-0.15, -0.1) is 0 Å². The first kappa shape index (κ1) is 69.8. The fourth-order valence-corrected chi connectivity index (χ4v) is 7.34. The molecule has 0 aromatic heterocycles. The Morgan fingerprint density at radius 3 is 0.827 bits per heavy atom. The summed E-state index contributed by atoms with van der Waals surface area (Å²) in [5, 5.41) is 0. The van der Waals surface area contributed by atoms with Crippen LogP contribution in [0.5, 0.6) is 0 Å². The Morgan fingerprint density at radius 1 is 0.280 bits per heavy atom. The summed E-state index contributed by atoms with van der Waals surface area (Å²) in [5.74, 6) is -0.984. The average molecular weight is 1030 g/mol. The van der Waals surface area contributed by atoms with Gasteiger partial charge in [0.1, 0.15) is 13.2 Å². The fraction of sp³-hybridized carbons (Fsp3) is 0.551. The standard InChI is InChI=1S/C69H106O6/c1-4-7-10-13-15-17-19-21-23-25-27-29-30-31-32-33-34-35-36-37-38-40-41-43-45-47-49-51-53-56-59-62-68(71)74-65-66(64-73-67(70)61-58-55-12-9-6-3)75-69(72)63-60-57-54-52-50-48-46-44-42-39-28-26-24-22-20-18-16-14-11-8-5-2/h7-8,10-11,15-18,21-24,27-29,31-32,34-35,37-39,41,43-44,46-47,49,66H,4-6,9,12-14,19-20,25-26,30,33,36,40,42,45,48,50-65H2,1-3H3/b10-7-,11-8-,17-15-,18-16-,23-21-,24-22-,29-27-,32-31-,35-34-,38-37-,39-28-,43-41-,46-44-,49-47-. The molecular weight excluding hydrogens is 925 g/mol. The number of hydrogen-bond acceptors (Lipinski definition) is 6. The Labute approximate surface area is 460 Å². The van der Waals surface area contributed by atoms with Crippen molar-refractivity contribution < 1.29 is 28.6 Å². The van der Waals surface area contributed by atoms with Gasteiger partial charge in [-0.25, -0.2) is 0 Å². The summed E-state index contributed by atoms with van der Waals surface area (Å²) >= 11 is 0. The van der Waals surface area contributed by atoms with E-state index >= 15 is 0 Å². The molecule has 0 heterocycles. The normalized spacial score (nSPS) is 13.4. The van der Waals surface area contributed by atoms with Gasteiger partial charge < -0.3 is 14.2 Å². The van der Waals surface area contributed by atoms with Crippen molar-refractivity contribution in [2.24, 2.45) is 0 Å². The maximum absolute atomic E-state index is 12.8. The molecule has 6 nitrogen and oxygen atoms in total. The highest BCUT2D eigenvalue weighted by atomic mass is 16.6. The van der Waals surface area contributed by atoms with E-state index in [4.69, 9.17) is 14.2 Å². The third-order valence-corrected chi connectivity index (χ3v) is 11.7. The van der Waals surface area contributed by atoms with Crippen molar-refractivity contribution >= 4 is 17.9 Å². The zero-order valence-electron chi connectivity index (χ0n) is 47.7. The van der Waals surface area contributed by atoms with Crippen LogP contribution >= 0.6 is 0 Å². The van der Waals surface area contributed by atoms with Crippen LogP contribution in [0.15, 0.2) is 170 Å². The van der Waals surface area contributed by atoms with Gasteiger partial charge in [-0.05, 0) is 135 Å². The predicted molar refractivity (Wildman–Crippen MR) is 325 cm³/mol. The molecule has 0 aliphatic carbocycles. The third kappa shape index (κ3) is 59.5. The molecule has 0 amide bonds. The lowest BCUT2D eigenvalue weighted by Gasteiger charge is -2.18. The van der Waals surface area contributed by atoms with E-state index in [0.29, 0.717) is 19.3 Å². The van der Waals surface area contributed by atoms with E-state index in [9.17, 15) is 14.4 Å². The summed E-state index contributed by atoms with van der Waals surface area (Å²) in [4.78, 5) is 37.8. The Balaban J connectivity index is 4.24. The smallest absolute Gasteiger partial charge is 0.306 e. The van der Waals surface area contributed by atoms with E-state index < -0.39 is 6.10 Å². The largest absolute Gasteiger partial charge is 0.462 e. The molecule has 0 spiro atoms. The molecule has 1 unspecified atom stereocenters. The maximum atomic E-state index is 12.8. The minimum Gasteiger partial charge on any atom is -0.462 e. The zero-order valence-corrected chi connectivity index (χ0v) is 47.7. The molecular formula is C69H106O6. The summed E-state index contributed by atoms with van der Waals surface area (Å²) < 4.78 is 16.7. The molecule has 6 heteroatoms. The Bertz CT molecular complexity index is 1750. The fourth-order valence-electron chi connectivity index (χ4n) is 7.34. The molecule has 1 atom stereocenters. The summed E-state index contributed by atoms with van der Waals surface area (Å²) in [6.07, 6.45) is 91.1. The first-order valence-electron chi connectivity index (χ1n) is 29.6. The number of rotatable bonds is 51. The van der Waals surface area contributed by atoms with E-state index in [1.165, 1.54) is 0 Å². The van der Waals surface area contributed by atoms with Gasteiger partial charge in [0.05, 0.1) is 0 Å². The van der Waals surface area contributed by atoms with E-state index in [0.717, 1.165) is 186 Å². The van der Waals surface area contributed by atoms with Crippen LogP contribution in [0, 0.1) is 0 Å². The highest BCUT2D eigenvalue weighted by Crippen LogP contribution is 2.12. The highest BCUT2D eigenvalue weighted by molar-refractivity contribution is 5.71. The van der Waals surface area contributed by atoms with Crippen LogP contribution in [0.25, 0.3) is 0 Å². The van der Waals surface area contributed by atoms with Gasteiger partial charge in [-0.1, -0.05) is 242 Å².